The molecular formula is C11H18N2O2. The van der Waals surface area contributed by atoms with Gasteiger partial charge >= 0.3 is 0 Å². The van der Waals surface area contributed by atoms with Crippen LogP contribution >= 0.6 is 0 Å². The number of nitrogens with two attached hydrogens (primary N) is 1. The second kappa shape index (κ2) is 6.40. The topological polar surface area (TPSA) is 67.5 Å². The minimum absolute atomic E-state index is 0.00507. The Morgan fingerprint density at radius 3 is 3.00 bits per heavy atom. The van der Waals surface area contributed by atoms with Gasteiger partial charge in [0.05, 0.1) is 13.7 Å². The summed E-state index contributed by atoms with van der Waals surface area (Å²) in [4.78, 5) is 0. The van der Waals surface area contributed by atoms with Gasteiger partial charge in [-0.2, -0.15) is 0 Å². The van der Waals surface area contributed by atoms with Crippen LogP contribution in [0.2, 0.25) is 0 Å². The fourth-order valence-corrected chi connectivity index (χ4v) is 1.25. The third kappa shape index (κ3) is 4.29. The summed E-state index contributed by atoms with van der Waals surface area (Å²) >= 11 is 0. The van der Waals surface area contributed by atoms with E-state index in [-0.39, 0.29) is 12.6 Å². The van der Waals surface area contributed by atoms with Crippen LogP contribution in [-0.4, -0.2) is 31.4 Å². The van der Waals surface area contributed by atoms with Crippen molar-refractivity contribution < 1.29 is 9.84 Å². The summed E-state index contributed by atoms with van der Waals surface area (Å²) in [5.41, 5.74) is 6.69. The van der Waals surface area contributed by atoms with Crippen LogP contribution in [-0.2, 0) is 6.54 Å². The number of hydrogen-bond acceptors (Lipinski definition) is 4. The number of aliphatic hydroxyl groups is 1. The molecule has 4 nitrogen and oxygen atoms in total. The zero-order valence-electron chi connectivity index (χ0n) is 8.94. The van der Waals surface area contributed by atoms with Crippen molar-refractivity contribution in [2.45, 2.75) is 12.6 Å². The summed E-state index contributed by atoms with van der Waals surface area (Å²) in [6, 6.07) is 7.64. The average Bonchev–Trinajstić information content (AvgIpc) is 2.29. The normalized spacial score (nSPS) is 12.5. The van der Waals surface area contributed by atoms with Gasteiger partial charge in [0.25, 0.3) is 0 Å². The van der Waals surface area contributed by atoms with E-state index < -0.39 is 0 Å². The van der Waals surface area contributed by atoms with Crippen LogP contribution in [0.1, 0.15) is 5.56 Å². The van der Waals surface area contributed by atoms with Crippen molar-refractivity contribution in [3.8, 4) is 5.75 Å². The number of benzene rings is 1. The van der Waals surface area contributed by atoms with Crippen LogP contribution in [0.4, 0.5) is 0 Å². The Labute approximate surface area is 90.1 Å². The van der Waals surface area contributed by atoms with Crippen molar-refractivity contribution in [3.05, 3.63) is 29.8 Å². The molecule has 0 saturated heterocycles. The van der Waals surface area contributed by atoms with Gasteiger partial charge in [0.15, 0.2) is 0 Å². The molecule has 0 amide bonds. The maximum absolute atomic E-state index is 8.73. The maximum atomic E-state index is 8.73. The van der Waals surface area contributed by atoms with Crippen molar-refractivity contribution in [1.82, 2.24) is 5.32 Å². The van der Waals surface area contributed by atoms with Crippen molar-refractivity contribution in [1.29, 1.82) is 0 Å². The Balaban J connectivity index is 2.37. The first-order valence-electron chi connectivity index (χ1n) is 4.96. The number of ether oxygens (including phenoxy) is 1. The minimum Gasteiger partial charge on any atom is -0.497 e. The Morgan fingerprint density at radius 2 is 2.33 bits per heavy atom. The van der Waals surface area contributed by atoms with Crippen LogP contribution in [0, 0.1) is 0 Å². The van der Waals surface area contributed by atoms with Gasteiger partial charge in [0, 0.05) is 19.1 Å². The largest absolute Gasteiger partial charge is 0.497 e. The van der Waals surface area contributed by atoms with E-state index in [1.807, 2.05) is 24.3 Å². The lowest BCUT2D eigenvalue weighted by Gasteiger charge is -2.10. The average molecular weight is 210 g/mol. The number of methoxy groups -OCH3 is 1. The highest BCUT2D eigenvalue weighted by Gasteiger charge is 1.99. The van der Waals surface area contributed by atoms with Crippen molar-refractivity contribution in [2.24, 2.45) is 5.73 Å². The summed E-state index contributed by atoms with van der Waals surface area (Å²) in [6.45, 7) is 1.34. The third-order valence-corrected chi connectivity index (χ3v) is 2.10. The van der Waals surface area contributed by atoms with Crippen LogP contribution in [0.3, 0.4) is 0 Å². The van der Waals surface area contributed by atoms with Gasteiger partial charge in [-0.15, -0.1) is 0 Å². The third-order valence-electron chi connectivity index (χ3n) is 2.10. The van der Waals surface area contributed by atoms with Crippen molar-refractivity contribution >= 4 is 0 Å². The second-order valence-corrected chi connectivity index (χ2v) is 3.43. The predicted octanol–water partition coefficient (Wildman–Crippen LogP) is 0.104. The summed E-state index contributed by atoms with van der Waals surface area (Å²) < 4.78 is 5.11. The van der Waals surface area contributed by atoms with Crippen LogP contribution < -0.4 is 15.8 Å². The van der Waals surface area contributed by atoms with E-state index in [1.165, 1.54) is 0 Å². The monoisotopic (exact) mass is 210 g/mol. The summed E-state index contributed by atoms with van der Waals surface area (Å²) in [5.74, 6) is 0.848. The van der Waals surface area contributed by atoms with Gasteiger partial charge < -0.3 is 20.9 Å². The van der Waals surface area contributed by atoms with Gasteiger partial charge in [-0.3, -0.25) is 0 Å². The second-order valence-electron chi connectivity index (χ2n) is 3.43. The molecule has 0 aromatic heterocycles. The van der Waals surface area contributed by atoms with E-state index in [4.69, 9.17) is 15.6 Å². The lowest BCUT2D eigenvalue weighted by Crippen LogP contribution is -2.36. The number of rotatable bonds is 6. The predicted molar refractivity (Wildman–Crippen MR) is 59.8 cm³/mol. The van der Waals surface area contributed by atoms with Gasteiger partial charge in [0.2, 0.25) is 0 Å². The van der Waals surface area contributed by atoms with Gasteiger partial charge in [-0.25, -0.2) is 0 Å². The van der Waals surface area contributed by atoms with E-state index in [2.05, 4.69) is 5.32 Å². The first-order chi connectivity index (χ1) is 7.26. The number of nitrogens with one attached hydrogen (secondary N) is 1. The van der Waals surface area contributed by atoms with Crippen LogP contribution in [0.25, 0.3) is 0 Å². The molecule has 0 aliphatic carbocycles. The molecule has 4 heteroatoms. The molecule has 1 aromatic rings. The van der Waals surface area contributed by atoms with E-state index in [1.54, 1.807) is 7.11 Å². The maximum Gasteiger partial charge on any atom is 0.119 e. The van der Waals surface area contributed by atoms with E-state index in [9.17, 15) is 0 Å². The molecule has 4 N–H and O–H groups in total. The van der Waals surface area contributed by atoms with E-state index >= 15 is 0 Å². The molecule has 1 aromatic carbocycles. The lowest BCUT2D eigenvalue weighted by molar-refractivity contribution is 0.262. The Morgan fingerprint density at radius 1 is 1.53 bits per heavy atom. The highest BCUT2D eigenvalue weighted by molar-refractivity contribution is 5.28. The lowest BCUT2D eigenvalue weighted by atomic mass is 10.2. The molecule has 0 bridgehead atoms. The molecule has 1 atom stereocenters. The molecule has 1 unspecified atom stereocenters. The summed E-state index contributed by atoms with van der Waals surface area (Å²) in [5, 5.41) is 11.9. The summed E-state index contributed by atoms with van der Waals surface area (Å²) in [7, 11) is 1.65. The Kier molecular flexibility index (Phi) is 5.10. The molecular weight excluding hydrogens is 192 g/mol. The molecule has 0 radical (unpaired) electrons. The van der Waals surface area contributed by atoms with Crippen LogP contribution in [0.15, 0.2) is 24.3 Å². The first kappa shape index (κ1) is 12.0. The van der Waals surface area contributed by atoms with E-state index in [0.29, 0.717) is 6.54 Å². The Hall–Kier alpha value is -1.10. The zero-order valence-corrected chi connectivity index (χ0v) is 8.94. The first-order valence-corrected chi connectivity index (χ1v) is 4.96. The Bertz CT molecular complexity index is 292. The number of hydrogen-bond donors (Lipinski definition) is 3. The quantitative estimate of drug-likeness (QED) is 0.623. The fraction of sp³-hybridized carbons (Fsp3) is 0.455. The summed E-state index contributed by atoms with van der Waals surface area (Å²) in [6.07, 6.45) is 0. The molecule has 84 valence electrons. The smallest absolute Gasteiger partial charge is 0.119 e. The fourth-order valence-electron chi connectivity index (χ4n) is 1.25. The standard InChI is InChI=1S/C11H18N2O2/c1-15-11-4-2-3-9(5-11)6-13-7-10(12)8-14/h2-5,10,13-14H,6-8,12H2,1H3. The molecule has 0 spiro atoms. The van der Waals surface area contributed by atoms with Gasteiger partial charge in [-0.1, -0.05) is 12.1 Å². The molecule has 15 heavy (non-hydrogen) atoms. The zero-order chi connectivity index (χ0) is 11.1. The highest BCUT2D eigenvalue weighted by Crippen LogP contribution is 2.11. The van der Waals surface area contributed by atoms with Crippen molar-refractivity contribution in [3.63, 3.8) is 0 Å². The van der Waals surface area contributed by atoms with Gasteiger partial charge in [0.1, 0.15) is 5.75 Å². The molecule has 0 saturated carbocycles. The van der Waals surface area contributed by atoms with Crippen LogP contribution in [0.5, 0.6) is 5.75 Å². The molecule has 0 heterocycles. The molecule has 0 aliphatic rings. The number of aliphatic hydroxyl groups excluding tert-OH is 1. The molecule has 0 aliphatic heterocycles. The van der Waals surface area contributed by atoms with Gasteiger partial charge in [-0.05, 0) is 17.7 Å². The van der Waals surface area contributed by atoms with Crippen molar-refractivity contribution in [2.75, 3.05) is 20.3 Å². The molecule has 0 fully saturated rings. The molecule has 1 rings (SSSR count). The SMILES string of the molecule is COc1cccc(CNCC(N)CO)c1. The van der Waals surface area contributed by atoms with E-state index in [0.717, 1.165) is 17.9 Å². The highest BCUT2D eigenvalue weighted by atomic mass is 16.5. The minimum atomic E-state index is -0.199.